The number of hydrogen-bond donors (Lipinski definition) is 0. The van der Waals surface area contributed by atoms with Crippen LogP contribution in [-0.4, -0.2) is 4.57 Å². The third-order valence-electron chi connectivity index (χ3n) is 3.19. The zero-order chi connectivity index (χ0) is 14.5. The number of rotatable bonds is 2. The maximum absolute atomic E-state index is 12.4. The summed E-state index contributed by atoms with van der Waals surface area (Å²) in [5.41, 5.74) is 2.02. The van der Waals surface area contributed by atoms with Crippen LogP contribution in [0, 0.1) is 0 Å². The SMILES string of the molecule is C=CCn1c2ccccc2c(=O)c2ccccc21.CC. The number of pyridine rings is 1. The largest absolute Gasteiger partial charge is 0.336 e. The second-order valence-corrected chi connectivity index (χ2v) is 4.26. The van der Waals surface area contributed by atoms with Crippen molar-refractivity contribution in [1.29, 1.82) is 0 Å². The van der Waals surface area contributed by atoms with E-state index in [-0.39, 0.29) is 5.43 Å². The van der Waals surface area contributed by atoms with Gasteiger partial charge in [0.05, 0.1) is 11.0 Å². The molecule has 0 aliphatic carbocycles. The van der Waals surface area contributed by atoms with Crippen molar-refractivity contribution in [2.24, 2.45) is 0 Å². The highest BCUT2D eigenvalue weighted by Crippen LogP contribution is 2.18. The molecule has 102 valence electrons. The summed E-state index contributed by atoms with van der Waals surface area (Å²) in [4.78, 5) is 12.4. The molecule has 3 rings (SSSR count). The fourth-order valence-corrected chi connectivity index (χ4v) is 2.40. The molecule has 2 heteroatoms. The Bertz CT molecular complexity index is 739. The highest BCUT2D eigenvalue weighted by Gasteiger charge is 2.08. The number of allylic oxidation sites excluding steroid dienone is 1. The summed E-state index contributed by atoms with van der Waals surface area (Å²) in [7, 11) is 0. The average molecular weight is 265 g/mol. The molecule has 1 heterocycles. The summed E-state index contributed by atoms with van der Waals surface area (Å²) in [6.07, 6.45) is 1.85. The lowest BCUT2D eigenvalue weighted by Crippen LogP contribution is -2.10. The Morgan fingerprint density at radius 2 is 1.40 bits per heavy atom. The monoisotopic (exact) mass is 265 g/mol. The summed E-state index contributed by atoms with van der Waals surface area (Å²) < 4.78 is 2.12. The van der Waals surface area contributed by atoms with E-state index in [9.17, 15) is 4.79 Å². The van der Waals surface area contributed by atoms with Gasteiger partial charge in [0.25, 0.3) is 0 Å². The third kappa shape index (κ3) is 2.25. The molecule has 0 aliphatic heterocycles. The average Bonchev–Trinajstić information content (AvgIpc) is 2.53. The van der Waals surface area contributed by atoms with Gasteiger partial charge in [-0.1, -0.05) is 44.2 Å². The zero-order valence-corrected chi connectivity index (χ0v) is 12.0. The van der Waals surface area contributed by atoms with Gasteiger partial charge in [-0.05, 0) is 24.3 Å². The number of aromatic nitrogens is 1. The molecule has 2 nitrogen and oxygen atoms in total. The maximum Gasteiger partial charge on any atom is 0.197 e. The van der Waals surface area contributed by atoms with Crippen LogP contribution in [-0.2, 0) is 6.54 Å². The van der Waals surface area contributed by atoms with Crippen LogP contribution in [0.2, 0.25) is 0 Å². The third-order valence-corrected chi connectivity index (χ3v) is 3.19. The second-order valence-electron chi connectivity index (χ2n) is 4.26. The first-order valence-electron chi connectivity index (χ1n) is 6.94. The molecule has 0 saturated carbocycles. The van der Waals surface area contributed by atoms with Crippen LogP contribution in [0.5, 0.6) is 0 Å². The van der Waals surface area contributed by atoms with Crippen molar-refractivity contribution in [1.82, 2.24) is 4.57 Å². The number of para-hydroxylation sites is 2. The zero-order valence-electron chi connectivity index (χ0n) is 12.0. The molecule has 0 spiro atoms. The van der Waals surface area contributed by atoms with E-state index in [1.165, 1.54) is 0 Å². The van der Waals surface area contributed by atoms with Crippen molar-refractivity contribution in [3.05, 3.63) is 71.4 Å². The summed E-state index contributed by atoms with van der Waals surface area (Å²) in [5.74, 6) is 0. The van der Waals surface area contributed by atoms with Gasteiger partial charge in [-0.25, -0.2) is 0 Å². The molecule has 0 aliphatic rings. The molecule has 0 fully saturated rings. The van der Waals surface area contributed by atoms with Crippen LogP contribution >= 0.6 is 0 Å². The highest BCUT2D eigenvalue weighted by molar-refractivity contribution is 5.93. The van der Waals surface area contributed by atoms with Gasteiger partial charge in [0, 0.05) is 17.3 Å². The fourth-order valence-electron chi connectivity index (χ4n) is 2.40. The summed E-state index contributed by atoms with van der Waals surface area (Å²) in [6.45, 7) is 8.49. The first kappa shape index (κ1) is 14.1. The van der Waals surface area contributed by atoms with E-state index < -0.39 is 0 Å². The highest BCUT2D eigenvalue weighted by atomic mass is 16.1. The molecule has 0 bridgehead atoms. The number of fused-ring (bicyclic) bond motifs is 2. The lowest BCUT2D eigenvalue weighted by molar-refractivity contribution is 0.893. The normalized spacial score (nSPS) is 10.1. The van der Waals surface area contributed by atoms with E-state index in [0.717, 1.165) is 21.8 Å². The van der Waals surface area contributed by atoms with E-state index in [1.54, 1.807) is 0 Å². The standard InChI is InChI=1S/C16H13NO.C2H6/c1-2-11-17-14-9-5-3-7-12(14)16(18)13-8-4-6-10-15(13)17;1-2/h2-10H,1,11H2;1-2H3. The minimum absolute atomic E-state index is 0.0986. The van der Waals surface area contributed by atoms with Gasteiger partial charge in [0.15, 0.2) is 5.43 Å². The van der Waals surface area contributed by atoms with E-state index in [2.05, 4.69) is 11.1 Å². The van der Waals surface area contributed by atoms with Crippen molar-refractivity contribution >= 4 is 21.8 Å². The number of hydrogen-bond acceptors (Lipinski definition) is 1. The lowest BCUT2D eigenvalue weighted by Gasteiger charge is -2.12. The molecular weight excluding hydrogens is 246 g/mol. The van der Waals surface area contributed by atoms with Gasteiger partial charge in [-0.2, -0.15) is 0 Å². The van der Waals surface area contributed by atoms with Crippen LogP contribution in [0.4, 0.5) is 0 Å². The summed E-state index contributed by atoms with van der Waals surface area (Å²) in [6, 6.07) is 15.4. The Labute approximate surface area is 119 Å². The van der Waals surface area contributed by atoms with Crippen LogP contribution < -0.4 is 5.43 Å². The van der Waals surface area contributed by atoms with Crippen molar-refractivity contribution in [3.63, 3.8) is 0 Å². The van der Waals surface area contributed by atoms with Gasteiger partial charge in [-0.3, -0.25) is 4.79 Å². The number of benzene rings is 2. The Hall–Kier alpha value is -2.35. The maximum atomic E-state index is 12.4. The number of nitrogens with zero attached hydrogens (tertiary/aromatic N) is 1. The fraction of sp³-hybridized carbons (Fsp3) is 0.167. The van der Waals surface area contributed by atoms with Crippen LogP contribution in [0.25, 0.3) is 21.8 Å². The van der Waals surface area contributed by atoms with Crippen LogP contribution in [0.15, 0.2) is 66.0 Å². The molecule has 0 atom stereocenters. The van der Waals surface area contributed by atoms with Gasteiger partial charge < -0.3 is 4.57 Å². The van der Waals surface area contributed by atoms with Crippen molar-refractivity contribution in [3.8, 4) is 0 Å². The molecule has 1 aromatic heterocycles. The van der Waals surface area contributed by atoms with Gasteiger partial charge >= 0.3 is 0 Å². The molecule has 2 aromatic carbocycles. The van der Waals surface area contributed by atoms with E-state index in [0.29, 0.717) is 6.54 Å². The van der Waals surface area contributed by atoms with Gasteiger partial charge in [-0.15, -0.1) is 6.58 Å². The van der Waals surface area contributed by atoms with E-state index in [4.69, 9.17) is 0 Å². The predicted molar refractivity (Wildman–Crippen MR) is 87.3 cm³/mol. The Balaban J connectivity index is 0.000000704. The smallest absolute Gasteiger partial charge is 0.197 e. The minimum atomic E-state index is 0.0986. The van der Waals surface area contributed by atoms with Gasteiger partial charge in [0.2, 0.25) is 0 Å². The van der Waals surface area contributed by atoms with Crippen LogP contribution in [0.1, 0.15) is 13.8 Å². The first-order chi connectivity index (χ1) is 9.83. The quantitative estimate of drug-likeness (QED) is 0.498. The second kappa shape index (κ2) is 6.20. The molecule has 0 N–H and O–H groups in total. The topological polar surface area (TPSA) is 22.0 Å². The molecule has 0 radical (unpaired) electrons. The van der Waals surface area contributed by atoms with Crippen molar-refractivity contribution < 1.29 is 0 Å². The van der Waals surface area contributed by atoms with Crippen molar-refractivity contribution in [2.45, 2.75) is 20.4 Å². The predicted octanol–water partition coefficient (Wildman–Crippen LogP) is 4.37. The molecule has 20 heavy (non-hydrogen) atoms. The Morgan fingerprint density at radius 3 is 1.85 bits per heavy atom. The van der Waals surface area contributed by atoms with Crippen molar-refractivity contribution in [2.75, 3.05) is 0 Å². The molecular formula is C18H19NO. The van der Waals surface area contributed by atoms with E-state index in [1.807, 2.05) is 68.5 Å². The Morgan fingerprint density at radius 1 is 0.950 bits per heavy atom. The summed E-state index contributed by atoms with van der Waals surface area (Å²) in [5, 5.41) is 1.52. The van der Waals surface area contributed by atoms with E-state index >= 15 is 0 Å². The lowest BCUT2D eigenvalue weighted by atomic mass is 10.1. The molecule has 0 saturated heterocycles. The van der Waals surface area contributed by atoms with Gasteiger partial charge in [0.1, 0.15) is 0 Å². The first-order valence-corrected chi connectivity index (χ1v) is 6.94. The molecule has 3 aromatic rings. The minimum Gasteiger partial charge on any atom is -0.336 e. The summed E-state index contributed by atoms with van der Waals surface area (Å²) >= 11 is 0. The molecule has 0 amide bonds. The van der Waals surface area contributed by atoms with Crippen LogP contribution in [0.3, 0.4) is 0 Å². The molecule has 0 unspecified atom stereocenters. The Kier molecular flexibility index (Phi) is 4.36.